The van der Waals surface area contributed by atoms with Gasteiger partial charge in [-0.2, -0.15) is 11.8 Å². The lowest BCUT2D eigenvalue weighted by Gasteiger charge is -2.07. The highest BCUT2D eigenvalue weighted by molar-refractivity contribution is 9.10. The SMILES string of the molecule is CCSCCC(=O)NNC(=O)c1ccc(Br)cc1. The molecule has 0 aliphatic heterocycles. The van der Waals surface area contributed by atoms with Crippen molar-refractivity contribution in [2.75, 3.05) is 11.5 Å². The van der Waals surface area contributed by atoms with Crippen LogP contribution in [0.5, 0.6) is 0 Å². The standard InChI is InChI=1S/C12H15BrN2O2S/c1-2-18-8-7-11(16)14-15-12(17)9-3-5-10(13)6-4-9/h3-6H,2,7-8H2,1H3,(H,14,16)(H,15,17). The number of halogens is 1. The number of hydrogen-bond donors (Lipinski definition) is 2. The third-order valence-corrected chi connectivity index (χ3v) is 3.53. The van der Waals surface area contributed by atoms with Crippen LogP contribution in [0.2, 0.25) is 0 Å². The Morgan fingerprint density at radius 1 is 1.22 bits per heavy atom. The summed E-state index contributed by atoms with van der Waals surface area (Å²) in [5.41, 5.74) is 5.27. The minimum Gasteiger partial charge on any atom is -0.273 e. The summed E-state index contributed by atoms with van der Waals surface area (Å²) in [6, 6.07) is 6.90. The Morgan fingerprint density at radius 2 is 1.89 bits per heavy atom. The minimum atomic E-state index is -0.320. The molecule has 0 spiro atoms. The molecule has 0 aliphatic carbocycles. The van der Waals surface area contributed by atoms with E-state index in [9.17, 15) is 9.59 Å². The van der Waals surface area contributed by atoms with Crippen LogP contribution in [-0.4, -0.2) is 23.3 Å². The molecule has 1 aromatic carbocycles. The number of carbonyl (C=O) groups is 2. The number of amides is 2. The Bertz CT molecular complexity index is 409. The van der Waals surface area contributed by atoms with E-state index in [1.165, 1.54) is 0 Å². The molecule has 0 unspecified atom stereocenters. The summed E-state index contributed by atoms with van der Waals surface area (Å²) in [6.07, 6.45) is 0.402. The highest BCUT2D eigenvalue weighted by atomic mass is 79.9. The Balaban J connectivity index is 2.32. The van der Waals surface area contributed by atoms with Gasteiger partial charge in [-0.15, -0.1) is 0 Å². The van der Waals surface area contributed by atoms with Gasteiger partial charge in [0.1, 0.15) is 0 Å². The van der Waals surface area contributed by atoms with Crippen molar-refractivity contribution in [1.29, 1.82) is 0 Å². The molecule has 2 N–H and O–H groups in total. The largest absolute Gasteiger partial charge is 0.273 e. The first-order chi connectivity index (χ1) is 8.63. The fraction of sp³-hybridized carbons (Fsp3) is 0.333. The summed E-state index contributed by atoms with van der Waals surface area (Å²) in [6.45, 7) is 2.04. The first kappa shape index (κ1) is 15.0. The topological polar surface area (TPSA) is 58.2 Å². The molecule has 2 amide bonds. The summed E-state index contributed by atoms with van der Waals surface area (Å²) in [7, 11) is 0. The molecule has 0 bridgehead atoms. The van der Waals surface area contributed by atoms with Gasteiger partial charge in [0.25, 0.3) is 5.91 Å². The van der Waals surface area contributed by atoms with Crippen LogP contribution in [0.4, 0.5) is 0 Å². The lowest BCUT2D eigenvalue weighted by molar-refractivity contribution is -0.121. The quantitative estimate of drug-likeness (QED) is 0.643. The van der Waals surface area contributed by atoms with E-state index in [0.29, 0.717) is 12.0 Å². The van der Waals surface area contributed by atoms with Crippen molar-refractivity contribution < 1.29 is 9.59 Å². The number of benzene rings is 1. The second kappa shape index (κ2) is 8.16. The van der Waals surface area contributed by atoms with Gasteiger partial charge in [0, 0.05) is 22.2 Å². The van der Waals surface area contributed by atoms with Crippen molar-refractivity contribution in [2.24, 2.45) is 0 Å². The van der Waals surface area contributed by atoms with Gasteiger partial charge in [0.15, 0.2) is 0 Å². The molecule has 0 aromatic heterocycles. The van der Waals surface area contributed by atoms with E-state index in [2.05, 4.69) is 26.8 Å². The van der Waals surface area contributed by atoms with Gasteiger partial charge in [-0.25, -0.2) is 0 Å². The van der Waals surface area contributed by atoms with Crippen molar-refractivity contribution >= 4 is 39.5 Å². The van der Waals surface area contributed by atoms with Crippen LogP contribution in [-0.2, 0) is 4.79 Å². The molecule has 0 fully saturated rings. The average Bonchev–Trinajstić information content (AvgIpc) is 2.37. The predicted molar refractivity (Wildman–Crippen MR) is 77.4 cm³/mol. The molecule has 18 heavy (non-hydrogen) atoms. The van der Waals surface area contributed by atoms with Crippen LogP contribution >= 0.6 is 27.7 Å². The predicted octanol–water partition coefficient (Wildman–Crippen LogP) is 2.35. The second-order valence-corrected chi connectivity index (χ2v) is 5.77. The van der Waals surface area contributed by atoms with Crippen molar-refractivity contribution in [3.05, 3.63) is 34.3 Å². The zero-order chi connectivity index (χ0) is 13.4. The third-order valence-electron chi connectivity index (χ3n) is 2.10. The summed E-state index contributed by atoms with van der Waals surface area (Å²) < 4.78 is 0.902. The lowest BCUT2D eigenvalue weighted by atomic mass is 10.2. The van der Waals surface area contributed by atoms with Gasteiger partial charge < -0.3 is 0 Å². The van der Waals surface area contributed by atoms with Gasteiger partial charge in [-0.3, -0.25) is 20.4 Å². The average molecular weight is 331 g/mol. The van der Waals surface area contributed by atoms with Crippen LogP contribution in [0.3, 0.4) is 0 Å². The maximum atomic E-state index is 11.6. The molecule has 0 atom stereocenters. The number of nitrogens with one attached hydrogen (secondary N) is 2. The first-order valence-electron chi connectivity index (χ1n) is 5.56. The molecule has 4 nitrogen and oxygen atoms in total. The number of hydrazine groups is 1. The Labute approximate surface area is 119 Å². The molecule has 0 aliphatic rings. The zero-order valence-electron chi connectivity index (χ0n) is 10.0. The van der Waals surface area contributed by atoms with Gasteiger partial charge in [0.05, 0.1) is 0 Å². The van der Waals surface area contributed by atoms with Crippen LogP contribution in [0.25, 0.3) is 0 Å². The molecule has 98 valence electrons. The van der Waals surface area contributed by atoms with E-state index >= 15 is 0 Å². The maximum Gasteiger partial charge on any atom is 0.269 e. The van der Waals surface area contributed by atoms with E-state index < -0.39 is 0 Å². The molecule has 0 saturated heterocycles. The van der Waals surface area contributed by atoms with E-state index in [4.69, 9.17) is 0 Å². The van der Waals surface area contributed by atoms with Crippen molar-refractivity contribution in [3.63, 3.8) is 0 Å². The first-order valence-corrected chi connectivity index (χ1v) is 7.50. The number of carbonyl (C=O) groups excluding carboxylic acids is 2. The van der Waals surface area contributed by atoms with Gasteiger partial charge >= 0.3 is 0 Å². The molecule has 6 heteroatoms. The van der Waals surface area contributed by atoms with Crippen molar-refractivity contribution in [2.45, 2.75) is 13.3 Å². The Hall–Kier alpha value is -1.01. The highest BCUT2D eigenvalue weighted by Gasteiger charge is 2.06. The minimum absolute atomic E-state index is 0.179. The molecule has 1 rings (SSSR count). The Morgan fingerprint density at radius 3 is 2.50 bits per heavy atom. The molecule has 0 saturated carbocycles. The summed E-state index contributed by atoms with van der Waals surface area (Å²) in [5.74, 6) is 1.25. The van der Waals surface area contributed by atoms with Gasteiger partial charge in [-0.1, -0.05) is 22.9 Å². The van der Waals surface area contributed by atoms with Crippen LogP contribution in [0.15, 0.2) is 28.7 Å². The highest BCUT2D eigenvalue weighted by Crippen LogP contribution is 2.10. The number of thioether (sulfide) groups is 1. The number of rotatable bonds is 5. The maximum absolute atomic E-state index is 11.6. The molecule has 1 aromatic rings. The lowest BCUT2D eigenvalue weighted by Crippen LogP contribution is -2.41. The summed E-state index contributed by atoms with van der Waals surface area (Å²) in [5, 5.41) is 0. The normalized spacial score (nSPS) is 9.89. The van der Waals surface area contributed by atoms with Crippen LogP contribution in [0.1, 0.15) is 23.7 Å². The third kappa shape index (κ3) is 5.55. The summed E-state index contributed by atoms with van der Waals surface area (Å²) in [4.78, 5) is 23.0. The second-order valence-electron chi connectivity index (χ2n) is 3.46. The van der Waals surface area contributed by atoms with Gasteiger partial charge in [-0.05, 0) is 30.0 Å². The molecule has 0 radical (unpaired) electrons. The van der Waals surface area contributed by atoms with E-state index in [-0.39, 0.29) is 11.8 Å². The van der Waals surface area contributed by atoms with Crippen LogP contribution < -0.4 is 10.9 Å². The smallest absolute Gasteiger partial charge is 0.269 e. The fourth-order valence-electron chi connectivity index (χ4n) is 1.17. The Kier molecular flexibility index (Phi) is 6.82. The van der Waals surface area contributed by atoms with Crippen LogP contribution in [0, 0.1) is 0 Å². The van der Waals surface area contributed by atoms with Crippen molar-refractivity contribution in [3.8, 4) is 0 Å². The molecular weight excluding hydrogens is 316 g/mol. The van der Waals surface area contributed by atoms with Crippen molar-refractivity contribution in [1.82, 2.24) is 10.9 Å². The molecule has 0 heterocycles. The zero-order valence-corrected chi connectivity index (χ0v) is 12.4. The fourth-order valence-corrected chi connectivity index (χ4v) is 2.05. The van der Waals surface area contributed by atoms with E-state index in [0.717, 1.165) is 16.0 Å². The number of hydrogen-bond acceptors (Lipinski definition) is 3. The summed E-state index contributed by atoms with van der Waals surface area (Å²) >= 11 is 4.98. The van der Waals surface area contributed by atoms with E-state index in [1.807, 2.05) is 6.92 Å². The van der Waals surface area contributed by atoms with Gasteiger partial charge in [0.2, 0.25) is 5.91 Å². The van der Waals surface area contributed by atoms with E-state index in [1.54, 1.807) is 36.0 Å². The monoisotopic (exact) mass is 330 g/mol. The molecular formula is C12H15BrN2O2S.